The van der Waals surface area contributed by atoms with Crippen LogP contribution >= 0.6 is 0 Å². The Morgan fingerprint density at radius 2 is 2.31 bits per heavy atom. The molecule has 1 aromatic heterocycles. The molecule has 3 nitrogen and oxygen atoms in total. The number of pyridine rings is 1. The standard InChI is InChI=1S/C10H17N3/c1-3-8(2)7-12-10-6-4-5-9(11)13-10/h4-6,8H,3,7H2,1-2H3,(H3,11,12,13). The molecule has 0 amide bonds. The van der Waals surface area contributed by atoms with Gasteiger partial charge in [0.05, 0.1) is 0 Å². The molecule has 1 rings (SSSR count). The SMILES string of the molecule is CCC(C)CNc1cccc(N)n1. The number of nitrogens with two attached hydrogens (primary N) is 1. The summed E-state index contributed by atoms with van der Waals surface area (Å²) in [6.07, 6.45) is 1.18. The van der Waals surface area contributed by atoms with Gasteiger partial charge in [-0.05, 0) is 18.1 Å². The number of nitrogens with one attached hydrogen (secondary N) is 1. The van der Waals surface area contributed by atoms with E-state index in [0.717, 1.165) is 12.4 Å². The molecule has 13 heavy (non-hydrogen) atoms. The summed E-state index contributed by atoms with van der Waals surface area (Å²) in [5, 5.41) is 3.25. The third kappa shape index (κ3) is 3.32. The molecule has 3 N–H and O–H groups in total. The van der Waals surface area contributed by atoms with E-state index in [1.807, 2.05) is 12.1 Å². The molecule has 0 aliphatic rings. The van der Waals surface area contributed by atoms with Gasteiger partial charge in [-0.25, -0.2) is 4.98 Å². The Morgan fingerprint density at radius 1 is 1.54 bits per heavy atom. The highest BCUT2D eigenvalue weighted by Crippen LogP contribution is 2.07. The van der Waals surface area contributed by atoms with Crippen LogP contribution in [0.3, 0.4) is 0 Å². The second-order valence-electron chi connectivity index (χ2n) is 3.34. The lowest BCUT2D eigenvalue weighted by atomic mass is 10.1. The maximum atomic E-state index is 5.55. The third-order valence-electron chi connectivity index (χ3n) is 2.10. The lowest BCUT2D eigenvalue weighted by molar-refractivity contribution is 0.592. The minimum Gasteiger partial charge on any atom is -0.384 e. The van der Waals surface area contributed by atoms with Gasteiger partial charge in [0, 0.05) is 6.54 Å². The Morgan fingerprint density at radius 3 is 2.92 bits per heavy atom. The van der Waals surface area contributed by atoms with Crippen molar-refractivity contribution in [2.45, 2.75) is 20.3 Å². The van der Waals surface area contributed by atoms with E-state index in [4.69, 9.17) is 5.73 Å². The number of nitrogens with zero attached hydrogens (tertiary/aromatic N) is 1. The van der Waals surface area contributed by atoms with Gasteiger partial charge in [-0.15, -0.1) is 0 Å². The van der Waals surface area contributed by atoms with Crippen LogP contribution in [0.15, 0.2) is 18.2 Å². The predicted molar refractivity (Wildman–Crippen MR) is 56.6 cm³/mol. The molecule has 1 atom stereocenters. The molecule has 0 saturated heterocycles. The minimum atomic E-state index is 0.564. The molecule has 0 aromatic carbocycles. The van der Waals surface area contributed by atoms with Crippen LogP contribution in [0.25, 0.3) is 0 Å². The molecule has 0 radical (unpaired) electrons. The van der Waals surface area contributed by atoms with Crippen molar-refractivity contribution >= 4 is 11.6 Å². The summed E-state index contributed by atoms with van der Waals surface area (Å²) in [7, 11) is 0. The fourth-order valence-electron chi connectivity index (χ4n) is 0.973. The molecule has 1 heterocycles. The maximum Gasteiger partial charge on any atom is 0.128 e. The molecular weight excluding hydrogens is 162 g/mol. The van der Waals surface area contributed by atoms with E-state index in [-0.39, 0.29) is 0 Å². The van der Waals surface area contributed by atoms with Crippen LogP contribution in [0.2, 0.25) is 0 Å². The first-order valence-corrected chi connectivity index (χ1v) is 4.68. The minimum absolute atomic E-state index is 0.564. The van der Waals surface area contributed by atoms with E-state index >= 15 is 0 Å². The Hall–Kier alpha value is -1.25. The maximum absolute atomic E-state index is 5.55. The Labute approximate surface area is 79.4 Å². The molecule has 1 aromatic rings. The normalized spacial score (nSPS) is 12.5. The first-order valence-electron chi connectivity index (χ1n) is 4.68. The van der Waals surface area contributed by atoms with Crippen molar-refractivity contribution in [2.24, 2.45) is 5.92 Å². The number of anilines is 2. The monoisotopic (exact) mass is 179 g/mol. The number of hydrogen-bond donors (Lipinski definition) is 2. The molecular formula is C10H17N3. The van der Waals surface area contributed by atoms with Crippen molar-refractivity contribution in [3.05, 3.63) is 18.2 Å². The summed E-state index contributed by atoms with van der Waals surface area (Å²) in [5.41, 5.74) is 5.55. The van der Waals surface area contributed by atoms with Crippen molar-refractivity contribution in [3.8, 4) is 0 Å². The van der Waals surface area contributed by atoms with Gasteiger partial charge in [0.2, 0.25) is 0 Å². The summed E-state index contributed by atoms with van der Waals surface area (Å²) >= 11 is 0. The zero-order chi connectivity index (χ0) is 9.68. The summed E-state index contributed by atoms with van der Waals surface area (Å²) in [5.74, 6) is 2.10. The zero-order valence-corrected chi connectivity index (χ0v) is 8.25. The van der Waals surface area contributed by atoms with Gasteiger partial charge in [-0.2, -0.15) is 0 Å². The number of nitrogen functional groups attached to an aromatic ring is 1. The largest absolute Gasteiger partial charge is 0.384 e. The van der Waals surface area contributed by atoms with Gasteiger partial charge in [0.15, 0.2) is 0 Å². The first kappa shape index (κ1) is 9.84. The summed E-state index contributed by atoms with van der Waals surface area (Å²) in [6, 6.07) is 5.62. The molecule has 0 bridgehead atoms. The number of hydrogen-bond acceptors (Lipinski definition) is 3. The van der Waals surface area contributed by atoms with Crippen LogP contribution < -0.4 is 11.1 Å². The molecule has 1 unspecified atom stereocenters. The van der Waals surface area contributed by atoms with Gasteiger partial charge < -0.3 is 11.1 Å². The molecule has 0 saturated carbocycles. The van der Waals surface area contributed by atoms with Crippen molar-refractivity contribution in [2.75, 3.05) is 17.6 Å². The van der Waals surface area contributed by atoms with E-state index < -0.39 is 0 Å². The second kappa shape index (κ2) is 4.70. The van der Waals surface area contributed by atoms with Gasteiger partial charge in [-0.1, -0.05) is 26.3 Å². The lowest BCUT2D eigenvalue weighted by Gasteiger charge is -2.10. The highest BCUT2D eigenvalue weighted by Gasteiger charge is 1.98. The van der Waals surface area contributed by atoms with E-state index in [1.54, 1.807) is 6.07 Å². The van der Waals surface area contributed by atoms with E-state index in [2.05, 4.69) is 24.1 Å². The van der Waals surface area contributed by atoms with Crippen LogP contribution in [-0.2, 0) is 0 Å². The summed E-state index contributed by atoms with van der Waals surface area (Å²) in [4.78, 5) is 4.15. The highest BCUT2D eigenvalue weighted by molar-refractivity contribution is 5.42. The summed E-state index contributed by atoms with van der Waals surface area (Å²) < 4.78 is 0. The topological polar surface area (TPSA) is 50.9 Å². The van der Waals surface area contributed by atoms with Crippen molar-refractivity contribution in [1.29, 1.82) is 0 Å². The molecule has 3 heteroatoms. The Balaban J connectivity index is 2.45. The van der Waals surface area contributed by atoms with Crippen LogP contribution in [0.1, 0.15) is 20.3 Å². The molecule has 0 aliphatic carbocycles. The summed E-state index contributed by atoms with van der Waals surface area (Å²) in [6.45, 7) is 5.34. The number of aromatic nitrogens is 1. The van der Waals surface area contributed by atoms with Gasteiger partial charge in [0.25, 0.3) is 0 Å². The van der Waals surface area contributed by atoms with Crippen LogP contribution in [0.5, 0.6) is 0 Å². The van der Waals surface area contributed by atoms with Gasteiger partial charge in [-0.3, -0.25) is 0 Å². The second-order valence-corrected chi connectivity index (χ2v) is 3.34. The third-order valence-corrected chi connectivity index (χ3v) is 2.10. The molecule has 0 aliphatic heterocycles. The molecule has 72 valence electrons. The predicted octanol–water partition coefficient (Wildman–Crippen LogP) is 2.12. The quantitative estimate of drug-likeness (QED) is 0.744. The van der Waals surface area contributed by atoms with E-state index in [0.29, 0.717) is 11.7 Å². The van der Waals surface area contributed by atoms with Crippen molar-refractivity contribution in [3.63, 3.8) is 0 Å². The smallest absolute Gasteiger partial charge is 0.128 e. The Bertz CT molecular complexity index is 260. The zero-order valence-electron chi connectivity index (χ0n) is 8.25. The average molecular weight is 179 g/mol. The highest BCUT2D eigenvalue weighted by atomic mass is 15.0. The van der Waals surface area contributed by atoms with Crippen molar-refractivity contribution < 1.29 is 0 Å². The van der Waals surface area contributed by atoms with Gasteiger partial charge in [0.1, 0.15) is 11.6 Å². The average Bonchev–Trinajstić information content (AvgIpc) is 2.14. The molecule has 0 spiro atoms. The fraction of sp³-hybridized carbons (Fsp3) is 0.500. The van der Waals surface area contributed by atoms with Gasteiger partial charge >= 0.3 is 0 Å². The fourth-order valence-corrected chi connectivity index (χ4v) is 0.973. The van der Waals surface area contributed by atoms with E-state index in [9.17, 15) is 0 Å². The number of rotatable bonds is 4. The van der Waals surface area contributed by atoms with Crippen LogP contribution in [-0.4, -0.2) is 11.5 Å². The van der Waals surface area contributed by atoms with Crippen LogP contribution in [0, 0.1) is 5.92 Å². The first-order chi connectivity index (χ1) is 6.22. The Kier molecular flexibility index (Phi) is 3.55. The molecule has 0 fully saturated rings. The van der Waals surface area contributed by atoms with E-state index in [1.165, 1.54) is 6.42 Å². The lowest BCUT2D eigenvalue weighted by Crippen LogP contribution is -2.11. The van der Waals surface area contributed by atoms with Crippen LogP contribution in [0.4, 0.5) is 11.6 Å². The van der Waals surface area contributed by atoms with Crippen molar-refractivity contribution in [1.82, 2.24) is 4.98 Å².